The van der Waals surface area contributed by atoms with Crippen molar-refractivity contribution < 1.29 is 14.3 Å². The Hall–Kier alpha value is -1.88. The Morgan fingerprint density at radius 2 is 1.86 bits per heavy atom. The zero-order valence-electron chi connectivity index (χ0n) is 12.5. The number of hydrogen-bond donors (Lipinski definition) is 0. The molecule has 2 rings (SSSR count). The van der Waals surface area contributed by atoms with Gasteiger partial charge >= 0.3 is 5.97 Å². The summed E-state index contributed by atoms with van der Waals surface area (Å²) in [5.41, 5.74) is 1.84. The third-order valence-electron chi connectivity index (χ3n) is 3.70. The van der Waals surface area contributed by atoms with Crippen LogP contribution in [0.3, 0.4) is 0 Å². The lowest BCUT2D eigenvalue weighted by atomic mass is 10.2. The molecule has 0 unspecified atom stereocenters. The van der Waals surface area contributed by atoms with Crippen LogP contribution in [-0.4, -0.2) is 56.5 Å². The van der Waals surface area contributed by atoms with Crippen molar-refractivity contribution in [1.82, 2.24) is 4.90 Å². The number of esters is 1. The van der Waals surface area contributed by atoms with Gasteiger partial charge < -0.3 is 9.64 Å². The highest BCUT2D eigenvalue weighted by atomic mass is 16.5. The molecule has 5 heteroatoms. The average Bonchev–Trinajstić information content (AvgIpc) is 2.54. The molecule has 0 aliphatic carbocycles. The fraction of sp³-hybridized carbons (Fsp3) is 0.500. The number of rotatable bonds is 6. The maximum absolute atomic E-state index is 11.3. The molecule has 21 heavy (non-hydrogen) atoms. The first-order valence-electron chi connectivity index (χ1n) is 7.41. The summed E-state index contributed by atoms with van der Waals surface area (Å²) in [5.74, 6) is -0.121. The van der Waals surface area contributed by atoms with Crippen LogP contribution in [0, 0.1) is 0 Å². The quantitative estimate of drug-likeness (QED) is 0.588. The van der Waals surface area contributed by atoms with Crippen LogP contribution in [0.2, 0.25) is 0 Å². The van der Waals surface area contributed by atoms with E-state index < -0.39 is 0 Å². The van der Waals surface area contributed by atoms with Gasteiger partial charge in [-0.05, 0) is 31.2 Å². The Kier molecular flexibility index (Phi) is 5.75. The predicted molar refractivity (Wildman–Crippen MR) is 81.7 cm³/mol. The second kappa shape index (κ2) is 7.78. The van der Waals surface area contributed by atoms with Crippen molar-refractivity contribution in [3.8, 4) is 0 Å². The highest BCUT2D eigenvalue weighted by molar-refractivity contribution is 5.75. The third-order valence-corrected chi connectivity index (χ3v) is 3.70. The second-order valence-electron chi connectivity index (χ2n) is 5.09. The van der Waals surface area contributed by atoms with Crippen LogP contribution in [0.1, 0.15) is 23.7 Å². The Morgan fingerprint density at radius 3 is 2.43 bits per heavy atom. The number of carbonyl (C=O) groups is 2. The fourth-order valence-corrected chi connectivity index (χ4v) is 2.48. The summed E-state index contributed by atoms with van der Waals surface area (Å²) in [7, 11) is 0. The molecular formula is C16H22N2O3. The van der Waals surface area contributed by atoms with Crippen molar-refractivity contribution in [1.29, 1.82) is 0 Å². The van der Waals surface area contributed by atoms with Crippen molar-refractivity contribution in [2.45, 2.75) is 13.3 Å². The van der Waals surface area contributed by atoms with E-state index in [2.05, 4.69) is 9.80 Å². The summed E-state index contributed by atoms with van der Waals surface area (Å²) in [4.78, 5) is 26.6. The van der Waals surface area contributed by atoms with Crippen molar-refractivity contribution in [2.24, 2.45) is 0 Å². The Labute approximate surface area is 125 Å². The highest BCUT2D eigenvalue weighted by Gasteiger charge is 2.17. The second-order valence-corrected chi connectivity index (χ2v) is 5.09. The molecule has 0 amide bonds. The maximum atomic E-state index is 11.3. The van der Waals surface area contributed by atoms with Gasteiger partial charge in [0, 0.05) is 44.0 Å². The molecule has 0 atom stereocenters. The number of hydrogen-bond acceptors (Lipinski definition) is 5. The molecule has 1 saturated heterocycles. The Bertz CT molecular complexity index is 465. The van der Waals surface area contributed by atoms with Crippen molar-refractivity contribution in [3.05, 3.63) is 29.8 Å². The monoisotopic (exact) mass is 290 g/mol. The van der Waals surface area contributed by atoms with E-state index >= 15 is 0 Å². The molecule has 0 bridgehead atoms. The smallest absolute Gasteiger partial charge is 0.307 e. The summed E-state index contributed by atoms with van der Waals surface area (Å²) in [6, 6.07) is 7.65. The number of carbonyl (C=O) groups excluding carboxylic acids is 2. The van der Waals surface area contributed by atoms with Gasteiger partial charge in [0.1, 0.15) is 6.29 Å². The minimum absolute atomic E-state index is 0.121. The molecule has 1 aliphatic rings. The number of aldehydes is 1. The number of nitrogens with zero attached hydrogens (tertiary/aromatic N) is 2. The van der Waals surface area contributed by atoms with E-state index in [0.29, 0.717) is 18.6 Å². The van der Waals surface area contributed by atoms with Gasteiger partial charge in [-0.2, -0.15) is 0 Å². The molecule has 114 valence electrons. The van der Waals surface area contributed by atoms with Crippen LogP contribution < -0.4 is 4.90 Å². The van der Waals surface area contributed by atoms with Gasteiger partial charge in [-0.25, -0.2) is 0 Å². The minimum atomic E-state index is -0.121. The average molecular weight is 290 g/mol. The Balaban J connectivity index is 1.77. The fourth-order valence-electron chi connectivity index (χ4n) is 2.48. The van der Waals surface area contributed by atoms with Crippen LogP contribution in [-0.2, 0) is 9.53 Å². The minimum Gasteiger partial charge on any atom is -0.466 e. The van der Waals surface area contributed by atoms with Gasteiger partial charge in [0.15, 0.2) is 0 Å². The van der Waals surface area contributed by atoms with Crippen LogP contribution in [0.15, 0.2) is 24.3 Å². The summed E-state index contributed by atoms with van der Waals surface area (Å²) < 4.78 is 4.94. The summed E-state index contributed by atoms with van der Waals surface area (Å²) in [6.07, 6.45) is 1.32. The number of piperazine rings is 1. The Morgan fingerprint density at radius 1 is 1.19 bits per heavy atom. The molecule has 0 spiro atoms. The summed E-state index contributed by atoms with van der Waals surface area (Å²) in [6.45, 7) is 6.78. The highest BCUT2D eigenvalue weighted by Crippen LogP contribution is 2.17. The van der Waals surface area contributed by atoms with Gasteiger partial charge in [0.2, 0.25) is 0 Å². The van der Waals surface area contributed by atoms with Crippen LogP contribution in [0.4, 0.5) is 5.69 Å². The lowest BCUT2D eigenvalue weighted by Crippen LogP contribution is -2.47. The molecule has 1 heterocycles. The third kappa shape index (κ3) is 4.56. The van der Waals surface area contributed by atoms with Gasteiger partial charge in [-0.1, -0.05) is 0 Å². The zero-order valence-corrected chi connectivity index (χ0v) is 12.5. The van der Waals surface area contributed by atoms with E-state index in [0.717, 1.165) is 44.7 Å². The SMILES string of the molecule is CCOC(=O)CCN1CCN(c2ccc(C=O)cc2)CC1. The molecule has 0 radical (unpaired) electrons. The first-order chi connectivity index (χ1) is 10.2. The molecule has 0 aromatic heterocycles. The van der Waals surface area contributed by atoms with Gasteiger partial charge in [0.25, 0.3) is 0 Å². The molecule has 5 nitrogen and oxygen atoms in total. The normalized spacial score (nSPS) is 15.8. The first-order valence-corrected chi connectivity index (χ1v) is 7.41. The van der Waals surface area contributed by atoms with Gasteiger partial charge in [0.05, 0.1) is 13.0 Å². The molecule has 1 fully saturated rings. The van der Waals surface area contributed by atoms with E-state index in [1.54, 1.807) is 0 Å². The predicted octanol–water partition coefficient (Wildman–Crippen LogP) is 1.57. The molecular weight excluding hydrogens is 268 g/mol. The van der Waals surface area contributed by atoms with Gasteiger partial charge in [-0.3, -0.25) is 14.5 Å². The largest absolute Gasteiger partial charge is 0.466 e. The number of anilines is 1. The van der Waals surface area contributed by atoms with E-state index in [1.807, 2.05) is 31.2 Å². The summed E-state index contributed by atoms with van der Waals surface area (Å²) >= 11 is 0. The van der Waals surface area contributed by atoms with Crippen molar-refractivity contribution in [3.63, 3.8) is 0 Å². The van der Waals surface area contributed by atoms with E-state index in [9.17, 15) is 9.59 Å². The van der Waals surface area contributed by atoms with E-state index in [-0.39, 0.29) is 5.97 Å². The lowest BCUT2D eigenvalue weighted by Gasteiger charge is -2.36. The van der Waals surface area contributed by atoms with Crippen molar-refractivity contribution in [2.75, 3.05) is 44.2 Å². The number of ether oxygens (including phenoxy) is 1. The maximum Gasteiger partial charge on any atom is 0.307 e. The van der Waals surface area contributed by atoms with Crippen LogP contribution in [0.5, 0.6) is 0 Å². The zero-order chi connectivity index (χ0) is 15.1. The van der Waals surface area contributed by atoms with E-state index in [1.165, 1.54) is 0 Å². The van der Waals surface area contributed by atoms with E-state index in [4.69, 9.17) is 4.74 Å². The van der Waals surface area contributed by atoms with Gasteiger partial charge in [-0.15, -0.1) is 0 Å². The molecule has 1 aromatic rings. The first kappa shape index (κ1) is 15.5. The lowest BCUT2D eigenvalue weighted by molar-refractivity contribution is -0.143. The van der Waals surface area contributed by atoms with Crippen LogP contribution in [0.25, 0.3) is 0 Å². The molecule has 1 aliphatic heterocycles. The number of benzene rings is 1. The molecule has 0 N–H and O–H groups in total. The topological polar surface area (TPSA) is 49.9 Å². The standard InChI is InChI=1S/C16H22N2O3/c1-2-21-16(20)7-8-17-9-11-18(12-10-17)15-5-3-14(13-19)4-6-15/h3-6,13H,2,7-12H2,1H3. The molecule has 1 aromatic carbocycles. The summed E-state index contributed by atoms with van der Waals surface area (Å²) in [5, 5.41) is 0. The molecule has 0 saturated carbocycles. The van der Waals surface area contributed by atoms with Crippen molar-refractivity contribution >= 4 is 17.9 Å². The van der Waals surface area contributed by atoms with Crippen LogP contribution >= 0.6 is 0 Å².